The van der Waals surface area contributed by atoms with Crippen molar-refractivity contribution in [3.05, 3.63) is 0 Å². The van der Waals surface area contributed by atoms with Crippen LogP contribution in [0.4, 0.5) is 0 Å². The Hall–Kier alpha value is -0.290. The van der Waals surface area contributed by atoms with Gasteiger partial charge in [-0.25, -0.2) is 0 Å². The summed E-state index contributed by atoms with van der Waals surface area (Å²) in [6.07, 6.45) is -0.560. The number of rotatable bonds is 1. The van der Waals surface area contributed by atoms with E-state index in [1.54, 1.807) is 0 Å². The second-order valence-electron chi connectivity index (χ2n) is 1.44. The van der Waals surface area contributed by atoms with Crippen molar-refractivity contribution in [3.63, 3.8) is 0 Å². The zero-order valence-corrected chi connectivity index (χ0v) is 8.04. The van der Waals surface area contributed by atoms with Crippen molar-refractivity contribution in [2.45, 2.75) is 13.0 Å². The highest BCUT2D eigenvalue weighted by Gasteiger charge is 1.83. The van der Waals surface area contributed by atoms with Crippen LogP contribution in [-0.4, -0.2) is 40.4 Å². The fourth-order valence-corrected chi connectivity index (χ4v) is 0. The molecule has 0 spiro atoms. The molecular formula is C3H16N2O6S. The summed E-state index contributed by atoms with van der Waals surface area (Å²) in [7, 11) is -5.17. The third-order valence-corrected chi connectivity index (χ3v) is 0.264. The summed E-state index contributed by atoms with van der Waals surface area (Å²) in [6, 6.07) is 0. The summed E-state index contributed by atoms with van der Waals surface area (Å²) in [5, 5.41) is 16.0. The topological polar surface area (TPSA) is 194 Å². The molecular weight excluding hydrogens is 192 g/mol. The SMILES string of the molecule is CC(O)CO.O=S(=O)([O-])[O-].[NH4+].[NH4+]. The molecule has 0 radical (unpaired) electrons. The molecule has 0 aliphatic carbocycles. The third kappa shape index (κ3) is 252. The molecule has 0 aromatic carbocycles. The van der Waals surface area contributed by atoms with Crippen molar-refractivity contribution in [2.75, 3.05) is 6.61 Å². The lowest BCUT2D eigenvalue weighted by Crippen LogP contribution is -2.03. The van der Waals surface area contributed by atoms with Crippen molar-refractivity contribution in [1.82, 2.24) is 12.3 Å². The normalized spacial score (nSPS) is 11.1. The predicted molar refractivity (Wildman–Crippen MR) is 41.2 cm³/mol. The van der Waals surface area contributed by atoms with Crippen LogP contribution < -0.4 is 12.3 Å². The van der Waals surface area contributed by atoms with E-state index in [9.17, 15) is 0 Å². The molecule has 0 amide bonds. The summed E-state index contributed by atoms with van der Waals surface area (Å²) in [4.78, 5) is 0. The minimum Gasteiger partial charge on any atom is -0.759 e. The smallest absolute Gasteiger partial charge is 0.0742 e. The molecule has 0 aliphatic heterocycles. The molecule has 0 saturated heterocycles. The second kappa shape index (κ2) is 10.7. The standard InChI is InChI=1S/C3H8O2.2H3N.H2O4S/c1-3(5)2-4;;;1-5(2,3)4/h3-5H,2H2,1H3;2*1H3;(H2,1,2,3,4). The second-order valence-corrected chi connectivity index (χ2v) is 2.26. The monoisotopic (exact) mass is 208 g/mol. The summed E-state index contributed by atoms with van der Waals surface area (Å²) in [5.41, 5.74) is 0. The van der Waals surface area contributed by atoms with E-state index in [4.69, 9.17) is 27.7 Å². The Bertz CT molecular complexity index is 146. The van der Waals surface area contributed by atoms with Gasteiger partial charge in [-0.05, 0) is 6.92 Å². The zero-order valence-electron chi connectivity index (χ0n) is 7.22. The molecule has 8 nitrogen and oxygen atoms in total. The first kappa shape index (κ1) is 22.6. The van der Waals surface area contributed by atoms with Crippen molar-refractivity contribution in [1.29, 1.82) is 0 Å². The molecule has 0 bridgehead atoms. The fourth-order valence-electron chi connectivity index (χ4n) is 0. The van der Waals surface area contributed by atoms with Gasteiger partial charge in [0.05, 0.1) is 12.7 Å². The molecule has 0 fully saturated rings. The van der Waals surface area contributed by atoms with Crippen molar-refractivity contribution in [3.8, 4) is 0 Å². The van der Waals surface area contributed by atoms with Crippen LogP contribution in [0.2, 0.25) is 0 Å². The van der Waals surface area contributed by atoms with E-state index in [0.29, 0.717) is 0 Å². The molecule has 10 N–H and O–H groups in total. The number of hydrogen-bond donors (Lipinski definition) is 4. The van der Waals surface area contributed by atoms with E-state index in [1.165, 1.54) is 6.92 Å². The summed E-state index contributed by atoms with van der Waals surface area (Å²) in [6.45, 7) is 1.39. The van der Waals surface area contributed by atoms with Gasteiger partial charge in [0.15, 0.2) is 0 Å². The molecule has 1 atom stereocenters. The molecule has 80 valence electrons. The van der Waals surface area contributed by atoms with Gasteiger partial charge in [-0.2, -0.15) is 0 Å². The quantitative estimate of drug-likeness (QED) is 0.307. The first-order valence-corrected chi connectivity index (χ1v) is 3.56. The van der Waals surface area contributed by atoms with Crippen LogP contribution in [-0.2, 0) is 10.4 Å². The van der Waals surface area contributed by atoms with E-state index in [-0.39, 0.29) is 18.9 Å². The van der Waals surface area contributed by atoms with Crippen LogP contribution in [0.15, 0.2) is 0 Å². The molecule has 0 aliphatic rings. The van der Waals surface area contributed by atoms with Crippen LogP contribution in [0, 0.1) is 0 Å². The highest BCUT2D eigenvalue weighted by molar-refractivity contribution is 7.79. The summed E-state index contributed by atoms with van der Waals surface area (Å²) < 4.78 is 34.1. The maximum absolute atomic E-state index is 8.52. The van der Waals surface area contributed by atoms with Gasteiger partial charge >= 0.3 is 0 Å². The first-order valence-electron chi connectivity index (χ1n) is 2.23. The maximum Gasteiger partial charge on any atom is 0.0742 e. The molecule has 0 aromatic rings. The first-order chi connectivity index (χ1) is 4.27. The van der Waals surface area contributed by atoms with Gasteiger partial charge < -0.3 is 31.6 Å². The van der Waals surface area contributed by atoms with Gasteiger partial charge in [0.2, 0.25) is 0 Å². The highest BCUT2D eigenvalue weighted by atomic mass is 32.3. The van der Waals surface area contributed by atoms with E-state index in [1.807, 2.05) is 0 Å². The molecule has 12 heavy (non-hydrogen) atoms. The molecule has 9 heteroatoms. The lowest BCUT2D eigenvalue weighted by molar-refractivity contribution is 0.110. The van der Waals surface area contributed by atoms with E-state index >= 15 is 0 Å². The molecule has 0 heterocycles. The minimum absolute atomic E-state index is 0. The average Bonchev–Trinajstić information content (AvgIpc) is 1.61. The third-order valence-electron chi connectivity index (χ3n) is 0.264. The lowest BCUT2D eigenvalue weighted by atomic mass is 10.5. The van der Waals surface area contributed by atoms with E-state index < -0.39 is 16.5 Å². The van der Waals surface area contributed by atoms with Gasteiger partial charge in [-0.1, -0.05) is 0 Å². The van der Waals surface area contributed by atoms with Crippen LogP contribution in [0.5, 0.6) is 0 Å². The maximum atomic E-state index is 8.52. The number of aliphatic hydroxyl groups is 2. The summed E-state index contributed by atoms with van der Waals surface area (Å²) in [5.74, 6) is 0. The van der Waals surface area contributed by atoms with Gasteiger partial charge in [0.25, 0.3) is 0 Å². The van der Waals surface area contributed by atoms with Crippen molar-refractivity contribution >= 4 is 10.4 Å². The van der Waals surface area contributed by atoms with Gasteiger partial charge in [0, 0.05) is 10.4 Å². The number of aliphatic hydroxyl groups excluding tert-OH is 2. The van der Waals surface area contributed by atoms with Crippen LogP contribution in [0.3, 0.4) is 0 Å². The average molecular weight is 208 g/mol. The van der Waals surface area contributed by atoms with Crippen LogP contribution >= 0.6 is 0 Å². The number of quaternary nitrogens is 2. The van der Waals surface area contributed by atoms with Crippen molar-refractivity contribution in [2.24, 2.45) is 0 Å². The predicted octanol–water partition coefficient (Wildman–Crippen LogP) is -1.23. The Labute approximate surface area is 71.0 Å². The minimum atomic E-state index is -5.17. The summed E-state index contributed by atoms with van der Waals surface area (Å²) >= 11 is 0. The lowest BCUT2D eigenvalue weighted by Gasteiger charge is -2.06. The molecule has 0 saturated carbocycles. The van der Waals surface area contributed by atoms with Crippen LogP contribution in [0.25, 0.3) is 0 Å². The zero-order chi connectivity index (χ0) is 8.78. The Morgan fingerprint density at radius 1 is 1.33 bits per heavy atom. The van der Waals surface area contributed by atoms with Gasteiger partial charge in [0.1, 0.15) is 0 Å². The van der Waals surface area contributed by atoms with E-state index in [0.717, 1.165) is 0 Å². The Kier molecular flexibility index (Phi) is 20.2. The van der Waals surface area contributed by atoms with Crippen LogP contribution in [0.1, 0.15) is 6.92 Å². The molecule has 0 rings (SSSR count). The Morgan fingerprint density at radius 3 is 1.42 bits per heavy atom. The highest BCUT2D eigenvalue weighted by Crippen LogP contribution is 1.68. The van der Waals surface area contributed by atoms with Gasteiger partial charge in [-0.15, -0.1) is 0 Å². The van der Waals surface area contributed by atoms with Gasteiger partial charge in [-0.3, -0.25) is 8.42 Å². The Morgan fingerprint density at radius 2 is 1.42 bits per heavy atom. The molecule has 0 aromatic heterocycles. The number of hydrogen-bond acceptors (Lipinski definition) is 6. The largest absolute Gasteiger partial charge is 0.759 e. The Balaban J connectivity index is -0.0000000457. The molecule has 1 unspecified atom stereocenters. The fraction of sp³-hybridized carbons (Fsp3) is 1.00. The van der Waals surface area contributed by atoms with E-state index in [2.05, 4.69) is 0 Å². The van der Waals surface area contributed by atoms with Crippen molar-refractivity contribution < 1.29 is 27.7 Å².